The van der Waals surface area contributed by atoms with Crippen molar-refractivity contribution in [3.05, 3.63) is 104 Å². The van der Waals surface area contributed by atoms with Crippen LogP contribution in [-0.2, 0) is 20.4 Å². The predicted octanol–water partition coefficient (Wildman–Crippen LogP) is 24.3. The molecule has 16 heteroatoms. The number of aromatic nitrogens is 4. The van der Waals surface area contributed by atoms with E-state index in [1.165, 1.54) is 265 Å². The van der Waals surface area contributed by atoms with E-state index < -0.39 is 0 Å². The Bertz CT molecular complexity index is 3800. The molecule has 12 rings (SSSR count). The Kier molecular flexibility index (Phi) is 22.5. The van der Waals surface area contributed by atoms with Gasteiger partial charge in [-0.25, -0.2) is 0 Å². The van der Waals surface area contributed by atoms with E-state index in [0.29, 0.717) is 31.5 Å². The lowest BCUT2D eigenvalue weighted by molar-refractivity contribution is -0.122. The number of rotatable bonds is 34. The maximum absolute atomic E-state index is 13.5. The van der Waals surface area contributed by atoms with Crippen LogP contribution < -0.4 is 0 Å². The number of thiophene rings is 2. The summed E-state index contributed by atoms with van der Waals surface area (Å²) in [6, 6.07) is 24.6. The van der Waals surface area contributed by atoms with Gasteiger partial charge in [0.1, 0.15) is 30.7 Å². The molecule has 4 aromatic heterocycles. The molecule has 0 bridgehead atoms. The molecule has 4 aromatic carbocycles. The fourth-order valence-corrected chi connectivity index (χ4v) is 21.9. The lowest BCUT2D eigenvalue weighted by Crippen LogP contribution is -2.27. The highest BCUT2D eigenvalue weighted by molar-refractivity contribution is 8.27. The zero-order chi connectivity index (χ0) is 63.9. The number of hydrogen-bond donors (Lipinski definition) is 0. The molecule has 0 radical (unpaired) electrons. The standard InChI is InChI=1S/C76H90N6O2S8/c1-7-13-17-21-25-29-37-75(38-30-26-22-18-14-8-2)57-43-51-42-56-58(44-52(51)41-55(57)69-59(75)47-61(87-69)53-35-33-49(65-67(53)79-91-77-65)45-63-71(83)81(11-5)73(85)89-63)76(39-31-27-23-19-15-9-3,40-32-28-24-20-16-10-4)60-48-62(88-70(56)60)54-36-34-50(66-68(54)80-92-78-66)46-64-72(84)82(12-6)74(86)90-64/h33-36,41-48H,7-32,37-40H2,1-6H3/b63-45-,64-46-. The number of thioether (sulfide) groups is 2. The summed E-state index contributed by atoms with van der Waals surface area (Å²) in [5.41, 5.74) is 16.2. The highest BCUT2D eigenvalue weighted by atomic mass is 32.2. The number of likely N-dealkylation sites (N-methyl/N-ethyl adjacent to an activating group) is 2. The van der Waals surface area contributed by atoms with Crippen molar-refractivity contribution >= 4 is 160 Å². The van der Waals surface area contributed by atoms with Gasteiger partial charge in [-0.15, -0.1) is 22.7 Å². The van der Waals surface area contributed by atoms with Crippen molar-refractivity contribution in [1.82, 2.24) is 27.3 Å². The summed E-state index contributed by atoms with van der Waals surface area (Å²) in [6.45, 7) is 14.3. The molecule has 92 heavy (non-hydrogen) atoms. The van der Waals surface area contributed by atoms with Gasteiger partial charge in [0.2, 0.25) is 0 Å². The summed E-state index contributed by atoms with van der Waals surface area (Å²) in [5.74, 6) is -0.0753. The maximum atomic E-state index is 13.5. The topological polar surface area (TPSA) is 92.2 Å². The molecule has 2 aliphatic heterocycles. The SMILES string of the molecule is CCCCCCCCC1(CCCCCCCC)c2cc3cc4c(cc3cc2-c2sc(-c3ccc(/C=C5\SC(=S)N(CC)C5=O)c5nsnc35)cc21)C(CCCCCCCC)(CCCCCCCC)c1cc(-c2ccc(/C=C3\SC(=S)N(CC)C3=O)c3nsnc23)sc1-4. The van der Waals surface area contributed by atoms with Gasteiger partial charge < -0.3 is 0 Å². The molecule has 2 aliphatic carbocycles. The Hall–Kier alpha value is -4.52. The second-order valence-electron chi connectivity index (χ2n) is 26.3. The number of nitrogens with zero attached hydrogens (tertiary/aromatic N) is 6. The molecule has 0 spiro atoms. The number of unbranched alkanes of at least 4 members (excludes halogenated alkanes) is 20. The average Bonchev–Trinajstić information content (AvgIpc) is 1.54. The van der Waals surface area contributed by atoms with Gasteiger partial charge in [-0.3, -0.25) is 19.4 Å². The van der Waals surface area contributed by atoms with E-state index in [0.717, 1.165) is 70.0 Å². The average molecular weight is 1380 g/mol. The molecule has 8 aromatic rings. The van der Waals surface area contributed by atoms with E-state index in [-0.39, 0.29) is 22.6 Å². The van der Waals surface area contributed by atoms with E-state index in [9.17, 15) is 9.59 Å². The fourth-order valence-electron chi connectivity index (χ4n) is 15.4. The normalized spacial score (nSPS) is 16.5. The molecular formula is C76H90N6O2S8. The van der Waals surface area contributed by atoms with Crippen LogP contribution in [-0.4, -0.2) is 60.8 Å². The van der Waals surface area contributed by atoms with Crippen molar-refractivity contribution < 1.29 is 9.59 Å². The predicted molar refractivity (Wildman–Crippen MR) is 408 cm³/mol. The van der Waals surface area contributed by atoms with Crippen LogP contribution in [0.3, 0.4) is 0 Å². The first kappa shape index (κ1) is 67.5. The number of carbonyl (C=O) groups is 2. The first-order valence-electron chi connectivity index (χ1n) is 34.9. The summed E-state index contributed by atoms with van der Waals surface area (Å²) in [7, 11) is 0. The molecule has 8 nitrogen and oxygen atoms in total. The maximum Gasteiger partial charge on any atom is 0.266 e. The Morgan fingerprint density at radius 2 is 0.739 bits per heavy atom. The lowest BCUT2D eigenvalue weighted by Gasteiger charge is -2.33. The number of carbonyl (C=O) groups excluding carboxylic acids is 2. The third kappa shape index (κ3) is 13.4. The molecule has 2 amide bonds. The van der Waals surface area contributed by atoms with Crippen LogP contribution in [0.5, 0.6) is 0 Å². The van der Waals surface area contributed by atoms with Crippen molar-refractivity contribution in [2.75, 3.05) is 13.1 Å². The molecule has 4 aliphatic rings. The minimum atomic E-state index is -0.129. The van der Waals surface area contributed by atoms with Gasteiger partial charge in [0.15, 0.2) is 0 Å². The highest BCUT2D eigenvalue weighted by Crippen LogP contribution is 2.63. The molecule has 484 valence electrons. The number of hydrogen-bond acceptors (Lipinski definition) is 14. The van der Waals surface area contributed by atoms with E-state index >= 15 is 0 Å². The van der Waals surface area contributed by atoms with Gasteiger partial charge >= 0.3 is 0 Å². The van der Waals surface area contributed by atoms with Crippen LogP contribution in [0.2, 0.25) is 0 Å². The molecule has 2 saturated heterocycles. The fraction of sp³-hybridized carbons (Fsp3) is 0.500. The van der Waals surface area contributed by atoms with Crippen molar-refractivity contribution in [3.8, 4) is 41.8 Å². The van der Waals surface area contributed by atoms with Gasteiger partial charge in [-0.05, 0) is 132 Å². The lowest BCUT2D eigenvalue weighted by atomic mass is 9.69. The second-order valence-corrected chi connectivity index (χ2v) is 32.8. The van der Waals surface area contributed by atoms with Crippen molar-refractivity contribution in [2.45, 2.75) is 232 Å². The van der Waals surface area contributed by atoms with Crippen LogP contribution >= 0.6 is 94.1 Å². The minimum Gasteiger partial charge on any atom is -0.293 e. The molecular weight excluding hydrogens is 1290 g/mol. The molecule has 0 atom stereocenters. The van der Waals surface area contributed by atoms with Gasteiger partial charge in [-0.1, -0.05) is 254 Å². The summed E-state index contributed by atoms with van der Waals surface area (Å²) in [4.78, 5) is 36.9. The quantitative estimate of drug-likeness (QED) is 0.0221. The van der Waals surface area contributed by atoms with Gasteiger partial charge in [-0.2, -0.15) is 17.5 Å². The first-order valence-corrected chi connectivity index (χ1v) is 40.5. The van der Waals surface area contributed by atoms with Crippen LogP contribution in [0, 0.1) is 0 Å². The number of amides is 2. The van der Waals surface area contributed by atoms with Crippen LogP contribution in [0.25, 0.3) is 86.8 Å². The van der Waals surface area contributed by atoms with Crippen LogP contribution in [0.15, 0.2) is 70.5 Å². The summed E-state index contributed by atoms with van der Waals surface area (Å²) in [6.07, 6.45) is 38.9. The molecule has 2 fully saturated rings. The van der Waals surface area contributed by atoms with Crippen LogP contribution in [0.1, 0.15) is 255 Å². The summed E-state index contributed by atoms with van der Waals surface area (Å²) in [5, 5.41) is 2.71. The van der Waals surface area contributed by atoms with Gasteiger partial charge in [0.25, 0.3) is 11.8 Å². The highest BCUT2D eigenvalue weighted by Gasteiger charge is 2.47. The third-order valence-corrected chi connectivity index (χ3v) is 26.5. The third-order valence-electron chi connectivity index (χ3n) is 20.3. The zero-order valence-electron chi connectivity index (χ0n) is 54.9. The largest absolute Gasteiger partial charge is 0.293 e. The summed E-state index contributed by atoms with van der Waals surface area (Å²) < 4.78 is 21.1. The molecule has 0 saturated carbocycles. The van der Waals surface area contributed by atoms with E-state index in [1.54, 1.807) is 9.80 Å². The number of fused-ring (bicyclic) bond motifs is 9. The number of benzene rings is 4. The Balaban J connectivity index is 1.00. The van der Waals surface area contributed by atoms with Crippen molar-refractivity contribution in [3.63, 3.8) is 0 Å². The monoisotopic (exact) mass is 1370 g/mol. The van der Waals surface area contributed by atoms with E-state index in [1.807, 2.05) is 48.7 Å². The summed E-state index contributed by atoms with van der Waals surface area (Å²) >= 11 is 20.4. The van der Waals surface area contributed by atoms with Gasteiger partial charge in [0.05, 0.1) is 33.3 Å². The molecule has 0 unspecified atom stereocenters. The first-order chi connectivity index (χ1) is 45.0. The van der Waals surface area contributed by atoms with E-state index in [4.69, 9.17) is 41.9 Å². The van der Waals surface area contributed by atoms with Crippen LogP contribution in [0.4, 0.5) is 0 Å². The Labute approximate surface area is 582 Å². The van der Waals surface area contributed by atoms with Gasteiger partial charge in [0, 0.05) is 65.7 Å². The molecule has 6 heterocycles. The van der Waals surface area contributed by atoms with E-state index in [2.05, 4.69) is 88.4 Å². The zero-order valence-corrected chi connectivity index (χ0v) is 61.4. The molecule has 0 N–H and O–H groups in total. The van der Waals surface area contributed by atoms with Crippen molar-refractivity contribution in [2.24, 2.45) is 0 Å². The second kappa shape index (κ2) is 30.7. The smallest absolute Gasteiger partial charge is 0.266 e. The Morgan fingerprint density at radius 3 is 1.08 bits per heavy atom. The van der Waals surface area contributed by atoms with Crippen molar-refractivity contribution in [1.29, 1.82) is 0 Å². The number of thiocarbonyl (C=S) groups is 2. The minimum absolute atomic E-state index is 0.0376. The Morgan fingerprint density at radius 1 is 0.402 bits per heavy atom.